The summed E-state index contributed by atoms with van der Waals surface area (Å²) in [6.07, 6.45) is -0.605. The van der Waals surface area contributed by atoms with E-state index in [2.05, 4.69) is 13.0 Å². The van der Waals surface area contributed by atoms with Gasteiger partial charge in [-0.15, -0.1) is 0 Å². The highest BCUT2D eigenvalue weighted by molar-refractivity contribution is 5.40. The highest BCUT2D eigenvalue weighted by atomic mass is 16.5. The standard InChI is InChI=1S/C17H20O2/c1-12-8-9-15(13(2)10-12)17(18)16-7-5-4-6-14(16)11-19-3/h4-10,17-18H,11H2,1-3H3. The van der Waals surface area contributed by atoms with E-state index >= 15 is 0 Å². The molecule has 1 unspecified atom stereocenters. The first-order valence-electron chi connectivity index (χ1n) is 6.45. The molecule has 1 atom stereocenters. The summed E-state index contributed by atoms with van der Waals surface area (Å²) in [6, 6.07) is 14.0. The Morgan fingerprint density at radius 2 is 1.79 bits per heavy atom. The molecular weight excluding hydrogens is 236 g/mol. The smallest absolute Gasteiger partial charge is 0.105 e. The van der Waals surface area contributed by atoms with Gasteiger partial charge in [0.25, 0.3) is 0 Å². The van der Waals surface area contributed by atoms with Crippen LogP contribution >= 0.6 is 0 Å². The summed E-state index contributed by atoms with van der Waals surface area (Å²) in [6.45, 7) is 4.60. The van der Waals surface area contributed by atoms with Gasteiger partial charge in [-0.1, -0.05) is 48.0 Å². The second-order valence-corrected chi connectivity index (χ2v) is 4.89. The predicted octanol–water partition coefficient (Wildman–Crippen LogP) is 3.53. The Morgan fingerprint density at radius 3 is 2.47 bits per heavy atom. The van der Waals surface area contributed by atoms with Gasteiger partial charge < -0.3 is 9.84 Å². The van der Waals surface area contributed by atoms with Crippen LogP contribution in [0, 0.1) is 13.8 Å². The number of aliphatic hydroxyl groups excluding tert-OH is 1. The van der Waals surface area contributed by atoms with E-state index in [0.717, 1.165) is 22.3 Å². The molecule has 0 saturated heterocycles. The SMILES string of the molecule is COCc1ccccc1C(O)c1ccc(C)cc1C. The molecule has 19 heavy (non-hydrogen) atoms. The van der Waals surface area contributed by atoms with Crippen molar-refractivity contribution >= 4 is 0 Å². The minimum Gasteiger partial charge on any atom is -0.384 e. The van der Waals surface area contributed by atoms with Gasteiger partial charge in [0, 0.05) is 7.11 Å². The third-order valence-corrected chi connectivity index (χ3v) is 3.37. The van der Waals surface area contributed by atoms with E-state index in [1.165, 1.54) is 5.56 Å². The van der Waals surface area contributed by atoms with E-state index in [-0.39, 0.29) is 0 Å². The number of rotatable bonds is 4. The minimum absolute atomic E-state index is 0.512. The van der Waals surface area contributed by atoms with Crippen LogP contribution in [0.15, 0.2) is 42.5 Å². The first-order chi connectivity index (χ1) is 9.13. The summed E-state index contributed by atoms with van der Waals surface area (Å²) in [5.74, 6) is 0. The third-order valence-electron chi connectivity index (χ3n) is 3.37. The van der Waals surface area contributed by atoms with Gasteiger partial charge in [0.1, 0.15) is 6.10 Å². The summed E-state index contributed by atoms with van der Waals surface area (Å²) in [7, 11) is 1.67. The third kappa shape index (κ3) is 3.03. The van der Waals surface area contributed by atoms with Crippen molar-refractivity contribution in [2.75, 3.05) is 7.11 Å². The molecule has 1 N–H and O–H groups in total. The first-order valence-corrected chi connectivity index (χ1v) is 6.45. The minimum atomic E-state index is -0.605. The van der Waals surface area contributed by atoms with E-state index in [0.29, 0.717) is 6.61 Å². The largest absolute Gasteiger partial charge is 0.384 e. The van der Waals surface area contributed by atoms with Crippen molar-refractivity contribution in [3.8, 4) is 0 Å². The van der Waals surface area contributed by atoms with Crippen molar-refractivity contribution in [3.05, 3.63) is 70.3 Å². The van der Waals surface area contributed by atoms with E-state index in [1.54, 1.807) is 7.11 Å². The van der Waals surface area contributed by atoms with Gasteiger partial charge >= 0.3 is 0 Å². The van der Waals surface area contributed by atoms with Gasteiger partial charge in [-0.05, 0) is 36.1 Å². The molecule has 2 aromatic carbocycles. The van der Waals surface area contributed by atoms with E-state index in [9.17, 15) is 5.11 Å². The topological polar surface area (TPSA) is 29.5 Å². The molecule has 2 nitrogen and oxygen atoms in total. The molecule has 2 heteroatoms. The van der Waals surface area contributed by atoms with Crippen LogP contribution < -0.4 is 0 Å². The molecule has 100 valence electrons. The Balaban J connectivity index is 2.41. The van der Waals surface area contributed by atoms with Crippen LogP contribution in [-0.4, -0.2) is 12.2 Å². The fraction of sp³-hybridized carbons (Fsp3) is 0.294. The van der Waals surface area contributed by atoms with Crippen LogP contribution in [0.2, 0.25) is 0 Å². The summed E-state index contributed by atoms with van der Waals surface area (Å²) < 4.78 is 5.19. The van der Waals surface area contributed by atoms with Crippen molar-refractivity contribution in [2.45, 2.75) is 26.6 Å². The number of aliphatic hydroxyl groups is 1. The molecule has 0 aliphatic heterocycles. The molecule has 0 aliphatic rings. The number of benzene rings is 2. The van der Waals surface area contributed by atoms with E-state index in [1.807, 2.05) is 43.3 Å². The molecule has 0 aromatic heterocycles. The van der Waals surface area contributed by atoms with Crippen LogP contribution in [0.3, 0.4) is 0 Å². The zero-order valence-corrected chi connectivity index (χ0v) is 11.7. The number of methoxy groups -OCH3 is 1. The maximum absolute atomic E-state index is 10.6. The molecule has 0 spiro atoms. The van der Waals surface area contributed by atoms with Gasteiger partial charge in [0.05, 0.1) is 6.61 Å². The Hall–Kier alpha value is -1.64. The van der Waals surface area contributed by atoms with E-state index < -0.39 is 6.10 Å². The maximum atomic E-state index is 10.6. The molecular formula is C17H20O2. The lowest BCUT2D eigenvalue weighted by molar-refractivity contribution is 0.176. The highest BCUT2D eigenvalue weighted by Gasteiger charge is 2.15. The number of hydrogen-bond acceptors (Lipinski definition) is 2. The lowest BCUT2D eigenvalue weighted by atomic mass is 9.93. The van der Waals surface area contributed by atoms with Crippen LogP contribution in [0.5, 0.6) is 0 Å². The fourth-order valence-corrected chi connectivity index (χ4v) is 2.39. The average molecular weight is 256 g/mol. The average Bonchev–Trinajstić information content (AvgIpc) is 2.39. The van der Waals surface area contributed by atoms with Crippen molar-refractivity contribution in [1.29, 1.82) is 0 Å². The van der Waals surface area contributed by atoms with Crippen LogP contribution in [0.1, 0.15) is 33.9 Å². The Labute approximate surface area is 114 Å². The lowest BCUT2D eigenvalue weighted by Crippen LogP contribution is -2.06. The van der Waals surface area contributed by atoms with Crippen LogP contribution in [0.25, 0.3) is 0 Å². The molecule has 0 aliphatic carbocycles. The Kier molecular flexibility index (Phi) is 4.35. The zero-order chi connectivity index (χ0) is 13.8. The number of ether oxygens (including phenoxy) is 1. The number of aryl methyl sites for hydroxylation is 2. The monoisotopic (exact) mass is 256 g/mol. The molecule has 0 radical (unpaired) electrons. The van der Waals surface area contributed by atoms with E-state index in [4.69, 9.17) is 4.74 Å². The normalized spacial score (nSPS) is 12.4. The molecule has 2 aromatic rings. The summed E-state index contributed by atoms with van der Waals surface area (Å²) in [4.78, 5) is 0. The zero-order valence-electron chi connectivity index (χ0n) is 11.7. The van der Waals surface area contributed by atoms with Crippen molar-refractivity contribution in [2.24, 2.45) is 0 Å². The molecule has 2 rings (SSSR count). The Morgan fingerprint density at radius 1 is 1.05 bits per heavy atom. The van der Waals surface area contributed by atoms with Crippen LogP contribution in [0.4, 0.5) is 0 Å². The molecule has 0 saturated carbocycles. The summed E-state index contributed by atoms with van der Waals surface area (Å²) >= 11 is 0. The molecule has 0 heterocycles. The van der Waals surface area contributed by atoms with Gasteiger partial charge in [-0.3, -0.25) is 0 Å². The van der Waals surface area contributed by atoms with Gasteiger partial charge in [-0.25, -0.2) is 0 Å². The molecule has 0 fully saturated rings. The molecule has 0 amide bonds. The molecule has 0 bridgehead atoms. The second-order valence-electron chi connectivity index (χ2n) is 4.89. The highest BCUT2D eigenvalue weighted by Crippen LogP contribution is 2.28. The van der Waals surface area contributed by atoms with Gasteiger partial charge in [0.15, 0.2) is 0 Å². The lowest BCUT2D eigenvalue weighted by Gasteiger charge is -2.18. The second kappa shape index (κ2) is 6.00. The summed E-state index contributed by atoms with van der Waals surface area (Å²) in [5.41, 5.74) is 5.21. The number of hydrogen-bond donors (Lipinski definition) is 1. The predicted molar refractivity (Wildman–Crippen MR) is 77.1 cm³/mol. The van der Waals surface area contributed by atoms with Gasteiger partial charge in [-0.2, -0.15) is 0 Å². The maximum Gasteiger partial charge on any atom is 0.105 e. The summed E-state index contributed by atoms with van der Waals surface area (Å²) in [5, 5.41) is 10.6. The van der Waals surface area contributed by atoms with Crippen LogP contribution in [-0.2, 0) is 11.3 Å². The van der Waals surface area contributed by atoms with Gasteiger partial charge in [0.2, 0.25) is 0 Å². The van der Waals surface area contributed by atoms with Crippen molar-refractivity contribution < 1.29 is 9.84 Å². The quantitative estimate of drug-likeness (QED) is 0.906. The Bertz CT molecular complexity index is 561. The van der Waals surface area contributed by atoms with Crippen molar-refractivity contribution in [1.82, 2.24) is 0 Å². The first kappa shape index (κ1) is 13.8. The fourth-order valence-electron chi connectivity index (χ4n) is 2.39. The van der Waals surface area contributed by atoms with Crippen molar-refractivity contribution in [3.63, 3.8) is 0 Å².